The highest BCUT2D eigenvalue weighted by molar-refractivity contribution is 5.89. The molecular weight excluding hydrogens is 380 g/mol. The minimum absolute atomic E-state index is 0. The van der Waals surface area contributed by atoms with Crippen LogP contribution in [0.1, 0.15) is 24.8 Å². The first-order valence-electron chi connectivity index (χ1n) is 9.66. The third-order valence-corrected chi connectivity index (χ3v) is 5.33. The molecule has 2 saturated heterocycles. The van der Waals surface area contributed by atoms with Crippen LogP contribution in [0.2, 0.25) is 0 Å². The average molecular weight is 409 g/mol. The first kappa shape index (κ1) is 22.2. The molecule has 3 amide bonds. The number of amides is 3. The maximum absolute atomic E-state index is 12.9. The molecule has 28 heavy (non-hydrogen) atoms. The second-order valence-corrected chi connectivity index (χ2v) is 7.36. The van der Waals surface area contributed by atoms with Gasteiger partial charge in [0.2, 0.25) is 17.7 Å². The summed E-state index contributed by atoms with van der Waals surface area (Å²) in [5.74, 6) is -0.522. The Morgan fingerprint density at radius 3 is 2.61 bits per heavy atom. The average Bonchev–Trinajstić information content (AvgIpc) is 3.06. The Kier molecular flexibility index (Phi) is 8.26. The van der Waals surface area contributed by atoms with Crippen molar-refractivity contribution in [1.29, 1.82) is 0 Å². The highest BCUT2D eigenvalue weighted by Crippen LogP contribution is 2.25. The molecule has 2 atom stereocenters. The van der Waals surface area contributed by atoms with E-state index in [1.54, 1.807) is 9.80 Å². The molecule has 3 N–H and O–H groups in total. The van der Waals surface area contributed by atoms with Crippen molar-refractivity contribution in [3.05, 3.63) is 35.9 Å². The largest absolute Gasteiger partial charge is 0.355 e. The van der Waals surface area contributed by atoms with Crippen molar-refractivity contribution in [2.75, 3.05) is 32.7 Å². The Labute approximate surface area is 172 Å². The molecule has 154 valence electrons. The number of hydrogen-bond acceptors (Lipinski definition) is 4. The van der Waals surface area contributed by atoms with E-state index in [1.807, 2.05) is 30.3 Å². The number of halogens is 1. The van der Waals surface area contributed by atoms with Gasteiger partial charge in [0, 0.05) is 45.7 Å². The summed E-state index contributed by atoms with van der Waals surface area (Å²) in [7, 11) is 0. The van der Waals surface area contributed by atoms with E-state index in [0.29, 0.717) is 39.3 Å². The van der Waals surface area contributed by atoms with Crippen molar-refractivity contribution >= 4 is 30.1 Å². The van der Waals surface area contributed by atoms with Gasteiger partial charge in [-0.2, -0.15) is 0 Å². The van der Waals surface area contributed by atoms with Gasteiger partial charge in [0.25, 0.3) is 0 Å². The van der Waals surface area contributed by atoms with Gasteiger partial charge in [0.1, 0.15) is 0 Å². The van der Waals surface area contributed by atoms with Gasteiger partial charge >= 0.3 is 0 Å². The molecule has 2 aliphatic rings. The Morgan fingerprint density at radius 2 is 1.89 bits per heavy atom. The summed E-state index contributed by atoms with van der Waals surface area (Å²) in [6, 6.07) is 9.80. The number of nitrogens with two attached hydrogens (primary N) is 1. The van der Waals surface area contributed by atoms with E-state index in [-0.39, 0.29) is 48.4 Å². The molecular formula is C20H29ClN4O3. The smallest absolute Gasteiger partial charge is 0.228 e. The van der Waals surface area contributed by atoms with Gasteiger partial charge in [-0.1, -0.05) is 30.3 Å². The van der Waals surface area contributed by atoms with E-state index in [2.05, 4.69) is 5.32 Å². The van der Waals surface area contributed by atoms with E-state index in [0.717, 1.165) is 18.4 Å². The lowest BCUT2D eigenvalue weighted by atomic mass is 9.95. The number of carbonyl (C=O) groups excluding carboxylic acids is 3. The summed E-state index contributed by atoms with van der Waals surface area (Å²) in [5, 5.41) is 2.81. The van der Waals surface area contributed by atoms with Gasteiger partial charge in [-0.3, -0.25) is 14.4 Å². The third kappa shape index (κ3) is 5.45. The van der Waals surface area contributed by atoms with Crippen molar-refractivity contribution in [1.82, 2.24) is 15.1 Å². The van der Waals surface area contributed by atoms with Gasteiger partial charge in [-0.25, -0.2) is 0 Å². The minimum Gasteiger partial charge on any atom is -0.355 e. The van der Waals surface area contributed by atoms with Gasteiger partial charge < -0.3 is 20.9 Å². The molecule has 0 spiro atoms. The van der Waals surface area contributed by atoms with Crippen molar-refractivity contribution in [2.45, 2.75) is 25.8 Å². The molecule has 2 unspecified atom stereocenters. The second-order valence-electron chi connectivity index (χ2n) is 7.36. The fraction of sp³-hybridized carbons (Fsp3) is 0.550. The van der Waals surface area contributed by atoms with Gasteiger partial charge in [-0.05, 0) is 18.4 Å². The predicted octanol–water partition coefficient (Wildman–Crippen LogP) is 0.770. The summed E-state index contributed by atoms with van der Waals surface area (Å²) in [6.45, 7) is 2.93. The molecule has 0 aliphatic carbocycles. The highest BCUT2D eigenvalue weighted by Gasteiger charge is 2.38. The topological polar surface area (TPSA) is 95.7 Å². The fourth-order valence-electron chi connectivity index (χ4n) is 3.88. The van der Waals surface area contributed by atoms with Crippen LogP contribution in [0.15, 0.2) is 30.3 Å². The first-order valence-corrected chi connectivity index (χ1v) is 9.66. The summed E-state index contributed by atoms with van der Waals surface area (Å²) in [4.78, 5) is 41.0. The maximum atomic E-state index is 12.9. The zero-order chi connectivity index (χ0) is 19.2. The number of nitrogens with zero attached hydrogens (tertiary/aromatic N) is 2. The molecule has 7 nitrogen and oxygen atoms in total. The summed E-state index contributed by atoms with van der Waals surface area (Å²) >= 11 is 0. The van der Waals surface area contributed by atoms with Crippen LogP contribution in [-0.2, 0) is 20.9 Å². The number of nitrogens with one attached hydrogen (secondary N) is 1. The van der Waals surface area contributed by atoms with Crippen LogP contribution in [0.5, 0.6) is 0 Å². The lowest BCUT2D eigenvalue weighted by Crippen LogP contribution is -2.48. The summed E-state index contributed by atoms with van der Waals surface area (Å²) in [6.07, 6.45) is 1.84. The molecule has 2 aliphatic heterocycles. The number of likely N-dealkylation sites (tertiary alicyclic amines) is 2. The van der Waals surface area contributed by atoms with Crippen molar-refractivity contribution in [3.63, 3.8) is 0 Å². The standard InChI is InChI=1S/C20H28N4O3.ClH/c21-8-9-22-19(26)16-7-4-10-23(13-16)20(27)17-11-18(25)24(14-17)12-15-5-2-1-3-6-15;/h1-3,5-6,16-17H,4,7-14,21H2,(H,22,26);1H. The number of hydrogen-bond donors (Lipinski definition) is 2. The van der Waals surface area contributed by atoms with E-state index >= 15 is 0 Å². The number of rotatable bonds is 6. The van der Waals surface area contributed by atoms with Gasteiger partial charge in [-0.15, -0.1) is 12.4 Å². The number of carbonyl (C=O) groups is 3. The van der Waals surface area contributed by atoms with Crippen LogP contribution < -0.4 is 11.1 Å². The lowest BCUT2D eigenvalue weighted by Gasteiger charge is -2.33. The van der Waals surface area contributed by atoms with Crippen LogP contribution in [0.25, 0.3) is 0 Å². The summed E-state index contributed by atoms with van der Waals surface area (Å²) < 4.78 is 0. The molecule has 8 heteroatoms. The zero-order valence-corrected chi connectivity index (χ0v) is 16.8. The number of benzene rings is 1. The minimum atomic E-state index is -0.313. The van der Waals surface area contributed by atoms with E-state index in [4.69, 9.17) is 5.73 Å². The lowest BCUT2D eigenvalue weighted by molar-refractivity contribution is -0.139. The van der Waals surface area contributed by atoms with Crippen LogP contribution in [0.4, 0.5) is 0 Å². The maximum Gasteiger partial charge on any atom is 0.228 e. The van der Waals surface area contributed by atoms with E-state index in [1.165, 1.54) is 0 Å². The van der Waals surface area contributed by atoms with Gasteiger partial charge in [0.05, 0.1) is 11.8 Å². The van der Waals surface area contributed by atoms with Crippen molar-refractivity contribution in [3.8, 4) is 0 Å². The molecule has 3 rings (SSSR count). The fourth-order valence-corrected chi connectivity index (χ4v) is 3.88. The Morgan fingerprint density at radius 1 is 1.14 bits per heavy atom. The van der Waals surface area contributed by atoms with E-state index in [9.17, 15) is 14.4 Å². The number of piperidine rings is 1. The molecule has 1 aromatic rings. The molecule has 0 bridgehead atoms. The van der Waals surface area contributed by atoms with E-state index < -0.39 is 0 Å². The van der Waals surface area contributed by atoms with Crippen molar-refractivity contribution in [2.24, 2.45) is 17.6 Å². The van der Waals surface area contributed by atoms with Crippen LogP contribution in [0, 0.1) is 11.8 Å². The van der Waals surface area contributed by atoms with Gasteiger partial charge in [0.15, 0.2) is 0 Å². The quantitative estimate of drug-likeness (QED) is 0.726. The highest BCUT2D eigenvalue weighted by atomic mass is 35.5. The third-order valence-electron chi connectivity index (χ3n) is 5.33. The van der Waals surface area contributed by atoms with Crippen LogP contribution in [-0.4, -0.2) is 60.2 Å². The monoisotopic (exact) mass is 408 g/mol. The zero-order valence-electron chi connectivity index (χ0n) is 16.0. The molecule has 0 aromatic heterocycles. The SMILES string of the molecule is Cl.NCCNC(=O)C1CCCN(C(=O)C2CC(=O)N(Cc3ccccc3)C2)C1. The Bertz CT molecular complexity index is 685. The first-order chi connectivity index (χ1) is 13.1. The molecule has 0 radical (unpaired) electrons. The summed E-state index contributed by atoms with van der Waals surface area (Å²) in [5.41, 5.74) is 6.49. The molecule has 0 saturated carbocycles. The Balaban J connectivity index is 0.00000280. The molecule has 2 heterocycles. The normalized spacial score (nSPS) is 22.0. The van der Waals surface area contributed by atoms with Crippen LogP contribution >= 0.6 is 12.4 Å². The molecule has 1 aromatic carbocycles. The van der Waals surface area contributed by atoms with Crippen LogP contribution in [0.3, 0.4) is 0 Å². The Hall–Kier alpha value is -2.12. The van der Waals surface area contributed by atoms with Crippen molar-refractivity contribution < 1.29 is 14.4 Å². The predicted molar refractivity (Wildman–Crippen MR) is 109 cm³/mol. The second kappa shape index (κ2) is 10.4. The molecule has 2 fully saturated rings.